The second kappa shape index (κ2) is 81.0. The molecule has 0 nitrogen and oxygen atoms in total. The molecule has 0 atom stereocenters. The monoisotopic (exact) mass is 284 g/mol. The van der Waals surface area contributed by atoms with E-state index in [1.54, 1.807) is 6.92 Å². The van der Waals surface area contributed by atoms with Crippen LogP contribution in [0.15, 0.2) is 25.8 Å². The normalized spacial score (nSPS) is 6.05. The molecule has 124 valence electrons. The summed E-state index contributed by atoms with van der Waals surface area (Å²) in [6.45, 7) is 28.1. The molecule has 0 aliphatic carbocycles. The first-order valence-corrected chi connectivity index (χ1v) is 8.08. The molecule has 0 aliphatic rings. The van der Waals surface area contributed by atoms with Gasteiger partial charge in [-0.2, -0.15) is 0 Å². The van der Waals surface area contributed by atoms with Crippen molar-refractivity contribution in [3.63, 3.8) is 0 Å². The Hall–Kier alpha value is -0.960. The molecule has 0 rings (SSSR count). The van der Waals surface area contributed by atoms with Crippen LogP contribution in [0.3, 0.4) is 0 Å². The molecule has 0 bridgehead atoms. The fourth-order valence-corrected chi connectivity index (χ4v) is 0.781. The van der Waals surface area contributed by atoms with E-state index >= 15 is 0 Å². The Balaban J connectivity index is -0.0000000318. The Morgan fingerprint density at radius 1 is 1.00 bits per heavy atom. The third kappa shape index (κ3) is 269. The van der Waals surface area contributed by atoms with E-state index in [0.29, 0.717) is 0 Å². The molecule has 0 aromatic heterocycles. The summed E-state index contributed by atoms with van der Waals surface area (Å²) in [6, 6.07) is 0. The highest BCUT2D eigenvalue weighted by molar-refractivity contribution is 4.73. The quantitative estimate of drug-likeness (QED) is 0.363. The van der Waals surface area contributed by atoms with Gasteiger partial charge >= 0.3 is 0 Å². The average Bonchev–Trinajstić information content (AvgIpc) is 2.47. The second-order valence-corrected chi connectivity index (χ2v) is 3.55. The Morgan fingerprint density at radius 3 is 1.30 bits per heavy atom. The molecule has 0 fully saturated rings. The van der Waals surface area contributed by atoms with Crippen molar-refractivity contribution in [1.29, 1.82) is 0 Å². The topological polar surface area (TPSA) is 0 Å². The zero-order chi connectivity index (χ0) is 17.8. The number of allylic oxidation sites excluding steroid dienone is 1. The van der Waals surface area contributed by atoms with Crippen LogP contribution in [0, 0.1) is 18.3 Å². The number of unbranched alkanes of at least 4 members (excludes halogenated alkanes) is 1. The smallest absolute Gasteiger partial charge is 0.00297 e. The van der Waals surface area contributed by atoms with Crippen LogP contribution < -0.4 is 0 Å². The molecule has 0 aromatic carbocycles. The predicted molar refractivity (Wildman–Crippen MR) is 103 cm³/mol. The maximum atomic E-state index is 4.60. The first-order valence-electron chi connectivity index (χ1n) is 8.08. The number of rotatable bonds is 4. The summed E-state index contributed by atoms with van der Waals surface area (Å²) in [6.07, 6.45) is 11.6. The highest BCUT2D eigenvalue weighted by Gasteiger charge is 1.85. The van der Waals surface area contributed by atoms with Crippen molar-refractivity contribution >= 4 is 0 Å². The van der Waals surface area contributed by atoms with E-state index in [9.17, 15) is 0 Å². The molecule has 0 unspecified atom stereocenters. The lowest BCUT2D eigenvalue weighted by Gasteiger charge is -1.95. The van der Waals surface area contributed by atoms with E-state index in [1.807, 2.05) is 33.8 Å². The number of hydrogen-bond donors (Lipinski definition) is 0. The lowest BCUT2D eigenvalue weighted by molar-refractivity contribution is 0.576. The first-order chi connectivity index (χ1) is 9.60. The Morgan fingerprint density at radius 2 is 1.30 bits per heavy atom. The molecule has 0 N–H and O–H groups in total. The summed E-state index contributed by atoms with van der Waals surface area (Å²) >= 11 is 0. The van der Waals surface area contributed by atoms with Crippen molar-refractivity contribution in [3.05, 3.63) is 25.8 Å². The Kier molecular flexibility index (Phi) is 148. The van der Waals surface area contributed by atoms with Crippen LogP contribution in [0.5, 0.6) is 0 Å². The molecule has 0 spiro atoms. The van der Waals surface area contributed by atoms with Crippen molar-refractivity contribution in [2.45, 2.75) is 88.0 Å². The van der Waals surface area contributed by atoms with Gasteiger partial charge in [-0.15, -0.1) is 32.1 Å². The maximum absolute atomic E-state index is 4.60. The first kappa shape index (κ1) is 36.4. The van der Waals surface area contributed by atoms with Crippen molar-refractivity contribution in [2.75, 3.05) is 0 Å². The largest absolute Gasteiger partial charge is 0.120 e. The van der Waals surface area contributed by atoms with Gasteiger partial charge in [0.1, 0.15) is 0 Å². The van der Waals surface area contributed by atoms with Crippen molar-refractivity contribution in [2.24, 2.45) is 5.92 Å². The Bertz CT molecular complexity index is 125. The van der Waals surface area contributed by atoms with Crippen LogP contribution in [-0.4, -0.2) is 0 Å². The summed E-state index contributed by atoms with van der Waals surface area (Å²) in [5.41, 5.74) is 0. The van der Waals surface area contributed by atoms with Gasteiger partial charge < -0.3 is 0 Å². The van der Waals surface area contributed by atoms with Crippen molar-refractivity contribution in [3.8, 4) is 12.3 Å². The molecule has 0 amide bonds. The van der Waals surface area contributed by atoms with E-state index < -0.39 is 0 Å². The fourth-order valence-electron chi connectivity index (χ4n) is 0.781. The molecule has 0 radical (unpaired) electrons. The minimum absolute atomic E-state index is 0.898. The van der Waals surface area contributed by atoms with Gasteiger partial charge in [-0.05, 0) is 19.3 Å². The third-order valence-corrected chi connectivity index (χ3v) is 1.36. The van der Waals surface area contributed by atoms with E-state index in [1.165, 1.54) is 19.3 Å². The van der Waals surface area contributed by atoms with Crippen molar-refractivity contribution in [1.82, 2.24) is 0 Å². The molecule has 0 aromatic rings. The minimum atomic E-state index is 0.898. The summed E-state index contributed by atoms with van der Waals surface area (Å²) < 4.78 is 0. The van der Waals surface area contributed by atoms with E-state index in [4.69, 9.17) is 0 Å². The van der Waals surface area contributed by atoms with E-state index in [0.717, 1.165) is 12.3 Å². The molecular weight excluding hydrogens is 240 g/mol. The van der Waals surface area contributed by atoms with Gasteiger partial charge in [-0.1, -0.05) is 80.7 Å². The molecule has 0 saturated heterocycles. The van der Waals surface area contributed by atoms with Gasteiger partial charge in [-0.25, -0.2) is 0 Å². The van der Waals surface area contributed by atoms with Gasteiger partial charge in [0.2, 0.25) is 0 Å². The highest BCUT2D eigenvalue weighted by Crippen LogP contribution is 2.00. The zero-order valence-corrected chi connectivity index (χ0v) is 16.2. The standard InChI is InChI=1S/C6H14.C5H10.C3H4.2C2H6.C2H4/c1-4-5-6(2)3;1-3-5-4-2;1-3-2;3*1-2/h6H,4-5H2,1-3H3;3H,1,4-5H2,2H3;1H,2H3;2*1-2H3;1-2H2. The van der Waals surface area contributed by atoms with Gasteiger partial charge in [-0.3, -0.25) is 0 Å². The SMILES string of the molecule is C#CC.C=C.C=CCCC.CC.CC.CCCC(C)C. The van der Waals surface area contributed by atoms with Crippen LogP contribution >= 0.6 is 0 Å². The lowest BCUT2D eigenvalue weighted by atomic mass is 10.1. The van der Waals surface area contributed by atoms with E-state index in [2.05, 4.69) is 59.8 Å². The van der Waals surface area contributed by atoms with Gasteiger partial charge in [0.05, 0.1) is 0 Å². The van der Waals surface area contributed by atoms with Gasteiger partial charge in [0.25, 0.3) is 0 Å². The van der Waals surface area contributed by atoms with E-state index in [-0.39, 0.29) is 0 Å². The van der Waals surface area contributed by atoms with Crippen molar-refractivity contribution < 1.29 is 0 Å². The second-order valence-electron chi connectivity index (χ2n) is 3.55. The van der Waals surface area contributed by atoms with Crippen LogP contribution in [0.1, 0.15) is 88.0 Å². The Labute approximate surface area is 132 Å². The maximum Gasteiger partial charge on any atom is -0.00297 e. The van der Waals surface area contributed by atoms with Crippen LogP contribution in [0.25, 0.3) is 0 Å². The molecule has 0 heterocycles. The molecular formula is C20H44. The molecule has 20 heavy (non-hydrogen) atoms. The average molecular weight is 285 g/mol. The predicted octanol–water partition coefficient (Wildman–Crippen LogP) is 7.91. The van der Waals surface area contributed by atoms with Gasteiger partial charge in [0, 0.05) is 0 Å². The third-order valence-electron chi connectivity index (χ3n) is 1.36. The summed E-state index contributed by atoms with van der Waals surface area (Å²) in [5.74, 6) is 3.15. The molecule has 0 aliphatic heterocycles. The number of hydrogen-bond acceptors (Lipinski definition) is 0. The zero-order valence-electron chi connectivity index (χ0n) is 16.2. The molecule has 0 saturated carbocycles. The summed E-state index contributed by atoms with van der Waals surface area (Å²) in [5, 5.41) is 0. The number of terminal acetylenes is 1. The highest BCUT2D eigenvalue weighted by atomic mass is 13.9. The van der Waals surface area contributed by atoms with Crippen LogP contribution in [0.4, 0.5) is 0 Å². The fraction of sp³-hybridized carbons (Fsp3) is 0.700. The van der Waals surface area contributed by atoms with Crippen LogP contribution in [-0.2, 0) is 0 Å². The van der Waals surface area contributed by atoms with Gasteiger partial charge in [0.15, 0.2) is 0 Å². The van der Waals surface area contributed by atoms with Crippen LogP contribution in [0.2, 0.25) is 0 Å². The minimum Gasteiger partial charge on any atom is -0.120 e. The molecule has 0 heteroatoms. The lowest BCUT2D eigenvalue weighted by Crippen LogP contribution is -1.81. The summed E-state index contributed by atoms with van der Waals surface area (Å²) in [4.78, 5) is 0. The summed E-state index contributed by atoms with van der Waals surface area (Å²) in [7, 11) is 0.